The molecule has 30 heavy (non-hydrogen) atoms. The Kier molecular flexibility index (Phi) is 5.50. The average Bonchev–Trinajstić information content (AvgIpc) is 3.35. The van der Waals surface area contributed by atoms with Crippen LogP contribution in [0.2, 0.25) is 5.02 Å². The van der Waals surface area contributed by atoms with Crippen molar-refractivity contribution in [3.63, 3.8) is 0 Å². The predicted molar refractivity (Wildman–Crippen MR) is 117 cm³/mol. The summed E-state index contributed by atoms with van der Waals surface area (Å²) in [7, 11) is -1.96. The standard InChI is InChI=1S/C20H24ClN5O3S/c1-13-17(8-10-30(28,29)24-20(27)22-12-14-3-4-14)19(25(2)23-13)26-9-7-15-5-6-16(21)11-18(15)26/h5-7,9,11,14H,3-4,8,10,12H2,1-2H3,(H2,22,24,27). The van der Waals surface area contributed by atoms with E-state index in [0.29, 0.717) is 17.5 Å². The van der Waals surface area contributed by atoms with Crippen LogP contribution in [0.5, 0.6) is 0 Å². The molecule has 0 aliphatic heterocycles. The van der Waals surface area contributed by atoms with Gasteiger partial charge in [-0.05, 0) is 50.3 Å². The van der Waals surface area contributed by atoms with Crippen LogP contribution in [-0.4, -0.2) is 41.1 Å². The van der Waals surface area contributed by atoms with E-state index in [-0.39, 0.29) is 12.2 Å². The Morgan fingerprint density at radius 1 is 1.30 bits per heavy atom. The minimum atomic E-state index is -3.78. The number of nitrogens with zero attached hydrogens (tertiary/aromatic N) is 3. The Labute approximate surface area is 180 Å². The van der Waals surface area contributed by atoms with Crippen molar-refractivity contribution in [3.05, 3.63) is 46.7 Å². The van der Waals surface area contributed by atoms with Crippen LogP contribution in [0.25, 0.3) is 16.7 Å². The highest BCUT2D eigenvalue weighted by Gasteiger charge is 2.24. The number of sulfonamides is 1. The molecule has 160 valence electrons. The second-order valence-corrected chi connectivity index (χ2v) is 10.0. The van der Waals surface area contributed by atoms with Crippen LogP contribution in [0.15, 0.2) is 30.5 Å². The van der Waals surface area contributed by atoms with Crippen molar-refractivity contribution in [3.8, 4) is 5.82 Å². The fourth-order valence-corrected chi connectivity index (χ4v) is 4.69. The van der Waals surface area contributed by atoms with Gasteiger partial charge in [0.1, 0.15) is 5.82 Å². The molecule has 1 fully saturated rings. The lowest BCUT2D eigenvalue weighted by molar-refractivity contribution is 0.245. The number of halogens is 1. The number of hydrogen-bond acceptors (Lipinski definition) is 4. The van der Waals surface area contributed by atoms with Crippen molar-refractivity contribution in [2.24, 2.45) is 13.0 Å². The van der Waals surface area contributed by atoms with Crippen LogP contribution < -0.4 is 10.0 Å². The number of amides is 2. The van der Waals surface area contributed by atoms with E-state index in [1.807, 2.05) is 49.0 Å². The van der Waals surface area contributed by atoms with Gasteiger partial charge in [-0.15, -0.1) is 0 Å². The van der Waals surface area contributed by atoms with Crippen LogP contribution in [0.1, 0.15) is 24.1 Å². The van der Waals surface area contributed by atoms with Crippen LogP contribution in [0, 0.1) is 12.8 Å². The molecule has 2 N–H and O–H groups in total. The summed E-state index contributed by atoms with van der Waals surface area (Å²) in [6.45, 7) is 2.36. The molecule has 0 radical (unpaired) electrons. The van der Waals surface area contributed by atoms with Crippen molar-refractivity contribution in [2.45, 2.75) is 26.2 Å². The Morgan fingerprint density at radius 3 is 2.80 bits per heavy atom. The molecule has 0 atom stereocenters. The molecule has 0 saturated heterocycles. The van der Waals surface area contributed by atoms with Crippen LogP contribution >= 0.6 is 11.6 Å². The van der Waals surface area contributed by atoms with Crippen LogP contribution in [-0.2, 0) is 23.5 Å². The lowest BCUT2D eigenvalue weighted by atomic mass is 10.2. The van der Waals surface area contributed by atoms with Gasteiger partial charge in [-0.1, -0.05) is 17.7 Å². The number of carbonyl (C=O) groups excluding carboxylic acids is 1. The topological polar surface area (TPSA) is 98.0 Å². The highest BCUT2D eigenvalue weighted by Crippen LogP contribution is 2.28. The molecule has 4 rings (SSSR count). The van der Waals surface area contributed by atoms with Crippen LogP contribution in [0.4, 0.5) is 4.79 Å². The molecular weight excluding hydrogens is 426 g/mol. The summed E-state index contributed by atoms with van der Waals surface area (Å²) in [5.41, 5.74) is 2.45. The van der Waals surface area contributed by atoms with Crippen molar-refractivity contribution >= 4 is 38.6 Å². The fourth-order valence-electron chi connectivity index (χ4n) is 3.59. The lowest BCUT2D eigenvalue weighted by Crippen LogP contribution is -2.41. The van der Waals surface area contributed by atoms with E-state index in [2.05, 4.69) is 15.1 Å². The van der Waals surface area contributed by atoms with E-state index in [9.17, 15) is 13.2 Å². The summed E-state index contributed by atoms with van der Waals surface area (Å²) >= 11 is 6.18. The molecule has 8 nitrogen and oxygen atoms in total. The number of aryl methyl sites for hydroxylation is 2. The number of nitrogens with one attached hydrogen (secondary N) is 2. The molecule has 1 aromatic carbocycles. The number of hydrogen-bond donors (Lipinski definition) is 2. The van der Waals surface area contributed by atoms with Gasteiger partial charge >= 0.3 is 6.03 Å². The van der Waals surface area contributed by atoms with Gasteiger partial charge in [-0.2, -0.15) is 5.10 Å². The molecule has 0 spiro atoms. The summed E-state index contributed by atoms with van der Waals surface area (Å²) in [5.74, 6) is 1.03. The Hall–Kier alpha value is -2.52. The molecule has 1 saturated carbocycles. The summed E-state index contributed by atoms with van der Waals surface area (Å²) in [4.78, 5) is 11.9. The zero-order valence-corrected chi connectivity index (χ0v) is 18.4. The summed E-state index contributed by atoms with van der Waals surface area (Å²) in [6, 6.07) is 6.93. The van der Waals surface area contributed by atoms with Crippen molar-refractivity contribution in [1.82, 2.24) is 24.4 Å². The summed E-state index contributed by atoms with van der Waals surface area (Å²) in [6.07, 6.45) is 4.30. The van der Waals surface area contributed by atoms with E-state index in [1.54, 1.807) is 4.68 Å². The van der Waals surface area contributed by atoms with Gasteiger partial charge in [0, 0.05) is 35.8 Å². The first kappa shape index (κ1) is 20.7. The van der Waals surface area contributed by atoms with Gasteiger partial charge in [-0.25, -0.2) is 17.9 Å². The van der Waals surface area contributed by atoms with E-state index in [0.717, 1.165) is 40.8 Å². The van der Waals surface area contributed by atoms with Crippen molar-refractivity contribution < 1.29 is 13.2 Å². The molecule has 1 aliphatic rings. The number of carbonyl (C=O) groups is 1. The highest BCUT2D eigenvalue weighted by molar-refractivity contribution is 7.90. The smallest absolute Gasteiger partial charge is 0.328 e. The number of urea groups is 1. The van der Waals surface area contributed by atoms with Gasteiger partial charge in [0.2, 0.25) is 10.0 Å². The van der Waals surface area contributed by atoms with Gasteiger partial charge in [0.05, 0.1) is 17.0 Å². The van der Waals surface area contributed by atoms with Gasteiger partial charge in [0.25, 0.3) is 0 Å². The van der Waals surface area contributed by atoms with Gasteiger partial charge in [0.15, 0.2) is 0 Å². The second kappa shape index (κ2) is 7.96. The highest BCUT2D eigenvalue weighted by atomic mass is 35.5. The number of rotatable bonds is 7. The molecule has 0 unspecified atom stereocenters. The SMILES string of the molecule is Cc1nn(C)c(-n2ccc3ccc(Cl)cc32)c1CCS(=O)(=O)NC(=O)NCC1CC1. The van der Waals surface area contributed by atoms with Gasteiger partial charge in [-0.3, -0.25) is 4.68 Å². The molecule has 10 heteroatoms. The molecule has 1 aliphatic carbocycles. The first-order chi connectivity index (χ1) is 14.2. The first-order valence-electron chi connectivity index (χ1n) is 9.81. The largest absolute Gasteiger partial charge is 0.337 e. The fraction of sp³-hybridized carbons (Fsp3) is 0.400. The maximum Gasteiger partial charge on any atom is 0.328 e. The maximum absolute atomic E-state index is 12.4. The molecule has 2 amide bonds. The first-order valence-corrected chi connectivity index (χ1v) is 11.8. The molecule has 3 aromatic rings. The van der Waals surface area contributed by atoms with Gasteiger partial charge < -0.3 is 9.88 Å². The quantitative estimate of drug-likeness (QED) is 0.579. The minimum Gasteiger partial charge on any atom is -0.337 e. The Bertz CT molecular complexity index is 1210. The van der Waals surface area contributed by atoms with Crippen molar-refractivity contribution in [1.29, 1.82) is 0 Å². The second-order valence-electron chi connectivity index (χ2n) is 7.72. The molecule has 2 heterocycles. The zero-order chi connectivity index (χ0) is 21.5. The summed E-state index contributed by atoms with van der Waals surface area (Å²) in [5, 5.41) is 8.73. The van der Waals surface area contributed by atoms with Crippen molar-refractivity contribution in [2.75, 3.05) is 12.3 Å². The molecule has 2 aromatic heterocycles. The maximum atomic E-state index is 12.4. The third kappa shape index (κ3) is 4.46. The monoisotopic (exact) mass is 449 g/mol. The van der Waals surface area contributed by atoms with E-state index < -0.39 is 16.1 Å². The Morgan fingerprint density at radius 2 is 2.07 bits per heavy atom. The third-order valence-corrected chi connectivity index (χ3v) is 6.79. The Balaban J connectivity index is 1.55. The zero-order valence-electron chi connectivity index (χ0n) is 16.9. The van der Waals surface area contributed by atoms with E-state index >= 15 is 0 Å². The van der Waals surface area contributed by atoms with E-state index in [1.165, 1.54) is 0 Å². The minimum absolute atomic E-state index is 0.219. The molecular formula is C20H24ClN5O3S. The van der Waals surface area contributed by atoms with Crippen LogP contribution in [0.3, 0.4) is 0 Å². The summed E-state index contributed by atoms with van der Waals surface area (Å²) < 4.78 is 30.6. The molecule has 0 bridgehead atoms. The number of aromatic nitrogens is 3. The normalized spacial score (nSPS) is 14.2. The van der Waals surface area contributed by atoms with E-state index in [4.69, 9.17) is 11.6 Å². The lowest BCUT2D eigenvalue weighted by Gasteiger charge is -2.11. The number of benzene rings is 1. The number of fused-ring (bicyclic) bond motifs is 1. The predicted octanol–water partition coefficient (Wildman–Crippen LogP) is 2.91. The average molecular weight is 450 g/mol. The third-order valence-electron chi connectivity index (χ3n) is 5.31.